The molecule has 0 aromatic carbocycles. The van der Waals surface area contributed by atoms with Crippen LogP contribution in [-0.4, -0.2) is 5.97 Å². The van der Waals surface area contributed by atoms with Crippen molar-refractivity contribution in [2.75, 3.05) is 0 Å². The van der Waals surface area contributed by atoms with E-state index in [1.54, 1.807) is 24.5 Å². The highest BCUT2D eigenvalue weighted by Crippen LogP contribution is 1.74. The van der Waals surface area contributed by atoms with Gasteiger partial charge >= 0.3 is 5.97 Å². The normalized spacial score (nSPS) is 8.09. The molecular formula is C7H8INO2. The van der Waals surface area contributed by atoms with E-state index in [0.717, 1.165) is 0 Å². The van der Waals surface area contributed by atoms with E-state index in [2.05, 4.69) is 0 Å². The molecule has 1 aromatic rings. The number of halogens is 1. The van der Waals surface area contributed by atoms with E-state index < -0.39 is 0 Å². The van der Waals surface area contributed by atoms with Gasteiger partial charge in [-0.15, -0.1) is 0 Å². The third-order valence-electron chi connectivity index (χ3n) is 0.922. The summed E-state index contributed by atoms with van der Waals surface area (Å²) in [5, 5.41) is 0. The fourth-order valence-corrected chi connectivity index (χ4v) is 0.592. The smallest absolute Gasteiger partial charge is 0.377 e. The van der Waals surface area contributed by atoms with Gasteiger partial charge in [-0.25, -0.2) is 4.79 Å². The number of carbonyl (C=O) groups excluding carboxylic acids is 1. The predicted molar refractivity (Wildman–Crippen MR) is 33.9 cm³/mol. The van der Waals surface area contributed by atoms with Crippen LogP contribution in [0.15, 0.2) is 30.6 Å². The fraction of sp³-hybridized carbons (Fsp3) is 0.143. The summed E-state index contributed by atoms with van der Waals surface area (Å²) in [6.07, 6.45) is 3.31. The molecular weight excluding hydrogens is 257 g/mol. The monoisotopic (exact) mass is 265 g/mol. The predicted octanol–water partition coefficient (Wildman–Crippen LogP) is -3.05. The minimum Gasteiger partial charge on any atom is -1.00 e. The zero-order valence-electron chi connectivity index (χ0n) is 6.03. The zero-order valence-corrected chi connectivity index (χ0v) is 8.19. The number of hydrogen-bond donors (Lipinski definition) is 0. The van der Waals surface area contributed by atoms with E-state index in [0.29, 0.717) is 0 Å². The number of hydrogen-bond acceptors (Lipinski definition) is 2. The standard InChI is InChI=1S/C7H8NO2.HI/c1-7(9)10-8-5-3-2-4-6-8;/h2-6H,1H3;1H/q+1;/p-1. The Balaban J connectivity index is 0.000001000. The summed E-state index contributed by atoms with van der Waals surface area (Å²) in [4.78, 5) is 15.1. The topological polar surface area (TPSA) is 30.2 Å². The van der Waals surface area contributed by atoms with Gasteiger partial charge in [-0.05, 0) is 0 Å². The van der Waals surface area contributed by atoms with Crippen LogP contribution < -0.4 is 33.5 Å². The summed E-state index contributed by atoms with van der Waals surface area (Å²) in [6.45, 7) is 1.36. The van der Waals surface area contributed by atoms with Gasteiger partial charge in [0.15, 0.2) is 0 Å². The van der Waals surface area contributed by atoms with Crippen LogP contribution in [0.1, 0.15) is 6.92 Å². The number of carbonyl (C=O) groups is 1. The molecule has 0 radical (unpaired) electrons. The van der Waals surface area contributed by atoms with Crippen molar-refractivity contribution in [3.05, 3.63) is 30.6 Å². The van der Waals surface area contributed by atoms with Crippen molar-refractivity contribution in [2.24, 2.45) is 0 Å². The first-order chi connectivity index (χ1) is 4.79. The largest absolute Gasteiger partial charge is 1.00 e. The van der Waals surface area contributed by atoms with Crippen molar-refractivity contribution in [1.82, 2.24) is 0 Å². The van der Waals surface area contributed by atoms with Gasteiger partial charge < -0.3 is 24.0 Å². The molecule has 0 fully saturated rings. The van der Waals surface area contributed by atoms with Gasteiger partial charge in [0.1, 0.15) is 0 Å². The summed E-state index contributed by atoms with van der Waals surface area (Å²) < 4.78 is 1.35. The van der Waals surface area contributed by atoms with Crippen LogP contribution >= 0.6 is 0 Å². The molecule has 11 heavy (non-hydrogen) atoms. The summed E-state index contributed by atoms with van der Waals surface area (Å²) in [5.41, 5.74) is 0. The highest BCUT2D eigenvalue weighted by molar-refractivity contribution is 5.65. The van der Waals surface area contributed by atoms with Crippen molar-refractivity contribution in [2.45, 2.75) is 6.92 Å². The van der Waals surface area contributed by atoms with Crippen LogP contribution in [0, 0.1) is 0 Å². The molecule has 0 atom stereocenters. The molecule has 4 heteroatoms. The Kier molecular flexibility index (Phi) is 4.76. The van der Waals surface area contributed by atoms with Gasteiger partial charge in [0, 0.05) is 23.8 Å². The minimum absolute atomic E-state index is 0. The minimum atomic E-state index is -0.323. The molecule has 1 rings (SSSR count). The molecule has 0 bridgehead atoms. The van der Waals surface area contributed by atoms with Crippen LogP contribution in [0.4, 0.5) is 0 Å². The molecule has 0 aliphatic heterocycles. The Morgan fingerprint density at radius 3 is 2.27 bits per heavy atom. The number of pyridine rings is 1. The van der Waals surface area contributed by atoms with Crippen LogP contribution in [-0.2, 0) is 4.79 Å². The molecule has 0 amide bonds. The Morgan fingerprint density at radius 2 is 1.82 bits per heavy atom. The lowest BCUT2D eigenvalue weighted by Gasteiger charge is -1.88. The molecule has 1 heterocycles. The molecule has 0 unspecified atom stereocenters. The summed E-state index contributed by atoms with van der Waals surface area (Å²) in [7, 11) is 0. The SMILES string of the molecule is CC(=O)O[n+]1ccccc1.[I-]. The van der Waals surface area contributed by atoms with Gasteiger partial charge in [-0.2, -0.15) is 4.84 Å². The lowest BCUT2D eigenvalue weighted by atomic mass is 10.5. The molecule has 0 saturated carbocycles. The molecule has 0 saturated heterocycles. The molecule has 0 spiro atoms. The van der Waals surface area contributed by atoms with Gasteiger partial charge in [-0.1, -0.05) is 6.07 Å². The van der Waals surface area contributed by atoms with Crippen LogP contribution in [0.5, 0.6) is 0 Å². The third-order valence-corrected chi connectivity index (χ3v) is 0.922. The number of aromatic nitrogens is 1. The molecule has 60 valence electrons. The second kappa shape index (κ2) is 5.06. The van der Waals surface area contributed by atoms with Crippen LogP contribution in [0.3, 0.4) is 0 Å². The maximum atomic E-state index is 10.4. The lowest BCUT2D eigenvalue weighted by molar-refractivity contribution is -0.869. The Bertz CT molecular complexity index is 225. The summed E-state index contributed by atoms with van der Waals surface area (Å²) in [6, 6.07) is 5.41. The molecule has 0 aliphatic rings. The second-order valence-electron chi connectivity index (χ2n) is 1.82. The fourth-order valence-electron chi connectivity index (χ4n) is 0.592. The van der Waals surface area contributed by atoms with Gasteiger partial charge in [0.2, 0.25) is 12.4 Å². The molecule has 1 aromatic heterocycles. The Labute approximate surface area is 82.0 Å². The van der Waals surface area contributed by atoms with E-state index in [1.165, 1.54) is 11.7 Å². The maximum absolute atomic E-state index is 10.4. The Morgan fingerprint density at radius 1 is 1.27 bits per heavy atom. The van der Waals surface area contributed by atoms with Crippen molar-refractivity contribution < 1.29 is 38.3 Å². The molecule has 0 N–H and O–H groups in total. The first-order valence-corrected chi connectivity index (χ1v) is 2.94. The van der Waals surface area contributed by atoms with Gasteiger partial charge in [-0.3, -0.25) is 0 Å². The van der Waals surface area contributed by atoms with E-state index in [-0.39, 0.29) is 29.9 Å². The summed E-state index contributed by atoms with van der Waals surface area (Å²) in [5.74, 6) is -0.323. The van der Waals surface area contributed by atoms with Crippen molar-refractivity contribution >= 4 is 5.97 Å². The second-order valence-corrected chi connectivity index (χ2v) is 1.82. The average Bonchev–Trinajstić information content (AvgIpc) is 1.88. The quantitative estimate of drug-likeness (QED) is 0.399. The third kappa shape index (κ3) is 3.92. The number of rotatable bonds is 1. The van der Waals surface area contributed by atoms with Crippen molar-refractivity contribution in [3.63, 3.8) is 0 Å². The zero-order chi connectivity index (χ0) is 7.40. The van der Waals surface area contributed by atoms with E-state index in [1.807, 2.05) is 6.07 Å². The first kappa shape index (κ1) is 10.3. The Hall–Kier alpha value is -0.650. The van der Waals surface area contributed by atoms with Gasteiger partial charge in [0.05, 0.1) is 0 Å². The first-order valence-electron chi connectivity index (χ1n) is 2.94. The van der Waals surface area contributed by atoms with E-state index in [4.69, 9.17) is 4.84 Å². The van der Waals surface area contributed by atoms with Crippen LogP contribution in [0.25, 0.3) is 0 Å². The van der Waals surface area contributed by atoms with Crippen LogP contribution in [0.2, 0.25) is 0 Å². The van der Waals surface area contributed by atoms with Crippen molar-refractivity contribution in [1.29, 1.82) is 0 Å². The van der Waals surface area contributed by atoms with E-state index in [9.17, 15) is 4.79 Å². The number of nitrogens with zero attached hydrogens (tertiary/aromatic N) is 1. The highest BCUT2D eigenvalue weighted by Gasteiger charge is 2.00. The van der Waals surface area contributed by atoms with Gasteiger partial charge in [0.25, 0.3) is 0 Å². The van der Waals surface area contributed by atoms with E-state index >= 15 is 0 Å². The maximum Gasteiger partial charge on any atom is 0.377 e. The average molecular weight is 265 g/mol. The molecule has 3 nitrogen and oxygen atoms in total. The highest BCUT2D eigenvalue weighted by atomic mass is 127. The van der Waals surface area contributed by atoms with Crippen molar-refractivity contribution in [3.8, 4) is 0 Å². The lowest BCUT2D eigenvalue weighted by Crippen LogP contribution is -3.00. The summed E-state index contributed by atoms with van der Waals surface area (Å²) >= 11 is 0. The molecule has 0 aliphatic carbocycles.